The normalized spacial score (nSPS) is 25.5. The Labute approximate surface area is 241 Å². The molecule has 3 aliphatic carbocycles. The van der Waals surface area contributed by atoms with Crippen molar-refractivity contribution in [2.45, 2.75) is 30.9 Å². The number of methoxy groups -OCH3 is 1. The number of nitrogens with zero attached hydrogens (tertiary/aromatic N) is 1. The van der Waals surface area contributed by atoms with Crippen molar-refractivity contribution in [2.24, 2.45) is 17.6 Å². The van der Waals surface area contributed by atoms with Gasteiger partial charge in [-0.3, -0.25) is 19.3 Å². The Balaban J connectivity index is 1.59. The van der Waals surface area contributed by atoms with Crippen LogP contribution in [0.15, 0.2) is 53.3 Å². The number of hydrogen-bond donors (Lipinski definition) is 6. The monoisotopic (exact) mass is 576 g/mol. The first-order valence-corrected chi connectivity index (χ1v) is 13.4. The van der Waals surface area contributed by atoms with Crippen molar-refractivity contribution in [3.8, 4) is 17.2 Å². The van der Waals surface area contributed by atoms with Gasteiger partial charge < -0.3 is 36.0 Å². The quantitative estimate of drug-likeness (QED) is 0.277. The number of carbonyl (C=O) groups excluding carboxylic acids is 3. The molecule has 0 bridgehead atoms. The third-order valence-corrected chi connectivity index (χ3v) is 8.58. The van der Waals surface area contributed by atoms with Crippen LogP contribution in [0.4, 0.5) is 0 Å². The highest BCUT2D eigenvalue weighted by atomic mass is 16.5. The number of ketones is 2. The molecular weight excluding hydrogens is 544 g/mol. The molecule has 3 aliphatic rings. The van der Waals surface area contributed by atoms with Crippen molar-refractivity contribution in [1.82, 2.24) is 4.90 Å². The maximum Gasteiger partial charge on any atom is 0.255 e. The number of likely N-dealkylation sites (N-methyl/N-ethyl adjacent to an activating group) is 1. The molecule has 0 aliphatic heterocycles. The number of aliphatic hydroxyl groups is 3. The lowest BCUT2D eigenvalue weighted by molar-refractivity contribution is -0.153. The van der Waals surface area contributed by atoms with Crippen molar-refractivity contribution < 1.29 is 44.7 Å². The molecule has 0 heterocycles. The number of Topliss-reactive ketones (excluding diaryl/α,β-unsaturated/α-hetero) is 2. The van der Waals surface area contributed by atoms with Crippen LogP contribution in [-0.2, 0) is 27.2 Å². The average molecular weight is 577 g/mol. The van der Waals surface area contributed by atoms with Gasteiger partial charge in [0.2, 0.25) is 5.78 Å². The molecule has 0 unspecified atom stereocenters. The zero-order chi connectivity index (χ0) is 30.7. The molecule has 2 aromatic rings. The zero-order valence-corrected chi connectivity index (χ0v) is 23.3. The minimum atomic E-state index is -2.68. The van der Waals surface area contributed by atoms with E-state index in [9.17, 15) is 39.9 Å². The number of aromatic hydroxyl groups is 2. The average Bonchev–Trinajstić information content (AvgIpc) is 2.92. The van der Waals surface area contributed by atoms with Gasteiger partial charge in [-0.05, 0) is 62.5 Å². The molecule has 11 heteroatoms. The molecule has 0 radical (unpaired) electrons. The molecule has 5 rings (SSSR count). The van der Waals surface area contributed by atoms with Crippen LogP contribution in [0.3, 0.4) is 0 Å². The maximum atomic E-state index is 13.9. The van der Waals surface area contributed by atoms with Gasteiger partial charge >= 0.3 is 0 Å². The lowest BCUT2D eigenvalue weighted by Gasteiger charge is -2.50. The number of rotatable bonds is 6. The minimum absolute atomic E-state index is 0.00224. The van der Waals surface area contributed by atoms with E-state index in [4.69, 9.17) is 10.5 Å². The number of phenolic OH excluding ortho intramolecular Hbond substituents is 2. The van der Waals surface area contributed by atoms with Crippen LogP contribution in [0.25, 0.3) is 11.8 Å². The highest BCUT2D eigenvalue weighted by molar-refractivity contribution is 6.24. The number of nitrogens with two attached hydrogens (primary N) is 1. The van der Waals surface area contributed by atoms with Gasteiger partial charge in [-0.15, -0.1) is 0 Å². The van der Waals surface area contributed by atoms with Crippen molar-refractivity contribution in [3.63, 3.8) is 0 Å². The van der Waals surface area contributed by atoms with Gasteiger partial charge in [-0.1, -0.05) is 30.4 Å². The second-order valence-corrected chi connectivity index (χ2v) is 11.1. The first-order chi connectivity index (χ1) is 19.8. The Bertz CT molecular complexity index is 1620. The molecule has 0 spiro atoms. The molecule has 0 saturated heterocycles. The molecule has 1 saturated carbocycles. The van der Waals surface area contributed by atoms with Crippen LogP contribution in [0, 0.1) is 11.8 Å². The smallest absolute Gasteiger partial charge is 0.255 e. The molecule has 0 aromatic heterocycles. The van der Waals surface area contributed by atoms with Gasteiger partial charge in [0.25, 0.3) is 5.91 Å². The second-order valence-electron chi connectivity index (χ2n) is 11.1. The number of phenols is 2. The number of aliphatic hydroxyl groups excluding tert-OH is 2. The third kappa shape index (κ3) is 4.15. The van der Waals surface area contributed by atoms with E-state index in [0.29, 0.717) is 28.9 Å². The Morgan fingerprint density at radius 3 is 2.50 bits per heavy atom. The van der Waals surface area contributed by atoms with E-state index in [-0.39, 0.29) is 35.5 Å². The van der Waals surface area contributed by atoms with Crippen molar-refractivity contribution in [2.75, 3.05) is 21.2 Å². The van der Waals surface area contributed by atoms with Crippen LogP contribution in [0.2, 0.25) is 0 Å². The van der Waals surface area contributed by atoms with Gasteiger partial charge in [0.1, 0.15) is 22.8 Å². The number of fused-ring (bicyclic) bond motifs is 3. The topological polar surface area (TPSA) is 191 Å². The number of benzene rings is 2. The molecule has 42 heavy (non-hydrogen) atoms. The number of hydrogen-bond acceptors (Lipinski definition) is 10. The van der Waals surface area contributed by atoms with Gasteiger partial charge in [0, 0.05) is 17.1 Å². The highest BCUT2D eigenvalue weighted by Crippen LogP contribution is 2.53. The summed E-state index contributed by atoms with van der Waals surface area (Å²) in [4.78, 5) is 40.7. The zero-order valence-electron chi connectivity index (χ0n) is 23.3. The summed E-state index contributed by atoms with van der Waals surface area (Å²) >= 11 is 0. The Morgan fingerprint density at radius 2 is 1.86 bits per heavy atom. The summed E-state index contributed by atoms with van der Waals surface area (Å²) in [7, 11) is 4.56. The third-order valence-electron chi connectivity index (χ3n) is 8.58. The number of amides is 1. The van der Waals surface area contributed by atoms with E-state index in [1.54, 1.807) is 50.5 Å². The van der Waals surface area contributed by atoms with Crippen LogP contribution in [0.1, 0.15) is 28.7 Å². The number of ether oxygens (including phenoxy) is 1. The van der Waals surface area contributed by atoms with E-state index >= 15 is 0 Å². The fourth-order valence-corrected chi connectivity index (χ4v) is 6.63. The number of para-hydroxylation sites is 1. The summed E-state index contributed by atoms with van der Waals surface area (Å²) in [5.41, 5.74) is 3.44. The van der Waals surface area contributed by atoms with E-state index in [1.165, 1.54) is 18.1 Å². The van der Waals surface area contributed by atoms with Crippen molar-refractivity contribution in [1.29, 1.82) is 0 Å². The highest BCUT2D eigenvalue weighted by Gasteiger charge is 2.64. The number of carbonyl (C=O) groups is 3. The van der Waals surface area contributed by atoms with Crippen LogP contribution < -0.4 is 10.5 Å². The molecule has 7 N–H and O–H groups in total. The molecule has 2 aromatic carbocycles. The maximum absolute atomic E-state index is 13.9. The summed E-state index contributed by atoms with van der Waals surface area (Å²) in [5.74, 6) is -6.58. The van der Waals surface area contributed by atoms with Gasteiger partial charge in [-0.25, -0.2) is 0 Å². The second kappa shape index (κ2) is 10.3. The largest absolute Gasteiger partial charge is 0.508 e. The fourth-order valence-electron chi connectivity index (χ4n) is 6.63. The van der Waals surface area contributed by atoms with Crippen LogP contribution >= 0.6 is 0 Å². The van der Waals surface area contributed by atoms with Crippen molar-refractivity contribution in [3.05, 3.63) is 75.6 Å². The predicted molar refractivity (Wildman–Crippen MR) is 152 cm³/mol. The molecule has 220 valence electrons. The summed E-state index contributed by atoms with van der Waals surface area (Å²) in [6, 6.07) is 7.03. The lowest BCUT2D eigenvalue weighted by Crippen LogP contribution is -2.65. The standard InChI is InChI=1S/C31H32N2O9/c1-33(2)24-18-13-16-12-17-14(6-4-7-15-8-5-9-20(42-3)25(15)35)10-11-19(34)22(17)26(36)21(16)28(38)31(18,41)29(39)23(27(24)37)30(32)40/h4-6,8-11,16,18,24,34-36,39,41H,7,12-13H2,1-3H3,(H2,32,40)/b6-4-/t16-,18-,24-,31+/m0/s1. The van der Waals surface area contributed by atoms with Gasteiger partial charge in [-0.2, -0.15) is 0 Å². The van der Waals surface area contributed by atoms with E-state index in [1.807, 2.05) is 0 Å². The number of allylic oxidation sites excluding steroid dienone is 1. The fraction of sp³-hybridized carbons (Fsp3) is 0.323. The molecule has 1 amide bonds. The van der Waals surface area contributed by atoms with Crippen molar-refractivity contribution >= 4 is 29.3 Å². The summed E-state index contributed by atoms with van der Waals surface area (Å²) in [5, 5.41) is 55.1. The minimum Gasteiger partial charge on any atom is -0.508 e. The van der Waals surface area contributed by atoms with Gasteiger partial charge in [0.05, 0.1) is 18.7 Å². The van der Waals surface area contributed by atoms with E-state index in [2.05, 4.69) is 0 Å². The SMILES string of the molecule is COc1cccc(C/C=C\c2ccc(O)c3c2C[C@H]2C[C@H]4[C@H](N(C)C)C(=O)C(C(N)=O)=C(O)[C@]4(O)C(=O)C2=C3O)c1O. The molecule has 4 atom stereocenters. The molecule has 1 fully saturated rings. The summed E-state index contributed by atoms with van der Waals surface area (Å²) < 4.78 is 5.16. The first kappa shape index (κ1) is 28.9. The molecule has 11 nitrogen and oxygen atoms in total. The number of primary amides is 1. The lowest BCUT2D eigenvalue weighted by atomic mass is 9.57. The Hall–Kier alpha value is -4.61. The Morgan fingerprint density at radius 1 is 1.14 bits per heavy atom. The summed E-state index contributed by atoms with van der Waals surface area (Å²) in [6.45, 7) is 0. The van der Waals surface area contributed by atoms with Gasteiger partial charge in [0.15, 0.2) is 22.9 Å². The Kier molecular flexibility index (Phi) is 7.12. The summed E-state index contributed by atoms with van der Waals surface area (Å²) in [6.07, 6.45) is 4.10. The predicted octanol–water partition coefficient (Wildman–Crippen LogP) is 1.93. The van der Waals surface area contributed by atoms with Crippen LogP contribution in [0.5, 0.6) is 17.2 Å². The van der Waals surface area contributed by atoms with E-state index in [0.717, 1.165) is 0 Å². The molecular formula is C31H32N2O9. The first-order valence-electron chi connectivity index (χ1n) is 13.4. The van der Waals surface area contributed by atoms with E-state index < -0.39 is 58.0 Å². The van der Waals surface area contributed by atoms with Crippen LogP contribution in [-0.4, -0.2) is 80.8 Å².